The average Bonchev–Trinajstić information content (AvgIpc) is 2.78. The van der Waals surface area contributed by atoms with Gasteiger partial charge in [0, 0.05) is 34.9 Å². The Kier molecular flexibility index (Phi) is 6.44. The molecule has 4 rings (SSSR count). The van der Waals surface area contributed by atoms with E-state index in [4.69, 9.17) is 19.2 Å². The second-order valence-corrected chi connectivity index (χ2v) is 8.65. The molecule has 3 aliphatic rings. The van der Waals surface area contributed by atoms with E-state index in [0.717, 1.165) is 49.8 Å². The highest BCUT2D eigenvalue weighted by Gasteiger charge is 2.45. The summed E-state index contributed by atoms with van der Waals surface area (Å²) in [5, 5.41) is 0. The Morgan fingerprint density at radius 1 is 1.03 bits per heavy atom. The van der Waals surface area contributed by atoms with Crippen LogP contribution in [0.25, 0.3) is 0 Å². The molecule has 0 bridgehead atoms. The summed E-state index contributed by atoms with van der Waals surface area (Å²) in [4.78, 5) is 31.3. The first kappa shape index (κ1) is 21.6. The number of carbonyl (C=O) groups excluding carboxylic acids is 2. The molecule has 0 amide bonds. The number of hydrogen-bond acceptors (Lipinski definition) is 6. The molecule has 1 saturated carbocycles. The number of benzene rings is 1. The molecule has 166 valence electrons. The number of rotatable bonds is 5. The summed E-state index contributed by atoms with van der Waals surface area (Å²) in [6, 6.07) is 5.52. The summed E-state index contributed by atoms with van der Waals surface area (Å²) in [6.07, 6.45) is 7.09. The van der Waals surface area contributed by atoms with Gasteiger partial charge < -0.3 is 14.2 Å². The first-order valence-electron chi connectivity index (χ1n) is 11.3. The van der Waals surface area contributed by atoms with Gasteiger partial charge in [0.1, 0.15) is 23.5 Å². The molecular weight excluding hydrogens is 394 g/mol. The first-order valence-corrected chi connectivity index (χ1v) is 11.3. The van der Waals surface area contributed by atoms with Gasteiger partial charge in [-0.3, -0.25) is 14.6 Å². The van der Waals surface area contributed by atoms with Crippen molar-refractivity contribution in [3.63, 3.8) is 0 Å². The summed E-state index contributed by atoms with van der Waals surface area (Å²) in [7, 11) is 3.20. The molecule has 0 saturated heterocycles. The third-order valence-corrected chi connectivity index (χ3v) is 6.70. The Bertz CT molecular complexity index is 926. The van der Waals surface area contributed by atoms with Gasteiger partial charge in [-0.2, -0.15) is 0 Å². The maximum Gasteiger partial charge on any atom is 0.315 e. The van der Waals surface area contributed by atoms with Crippen LogP contribution in [-0.2, 0) is 14.3 Å². The summed E-state index contributed by atoms with van der Waals surface area (Å²) in [5.41, 5.74) is 2.90. The van der Waals surface area contributed by atoms with Crippen molar-refractivity contribution in [1.82, 2.24) is 0 Å². The zero-order valence-electron chi connectivity index (χ0n) is 18.6. The van der Waals surface area contributed by atoms with E-state index >= 15 is 0 Å². The number of allylic oxidation sites excluding steroid dienone is 2. The highest BCUT2D eigenvalue weighted by molar-refractivity contribution is 6.09. The number of esters is 1. The molecule has 2 atom stereocenters. The van der Waals surface area contributed by atoms with Crippen LogP contribution in [-0.4, -0.2) is 37.8 Å². The van der Waals surface area contributed by atoms with E-state index in [1.54, 1.807) is 14.2 Å². The Morgan fingerprint density at radius 3 is 2.52 bits per heavy atom. The lowest BCUT2D eigenvalue weighted by molar-refractivity contribution is -0.153. The molecule has 31 heavy (non-hydrogen) atoms. The van der Waals surface area contributed by atoms with Crippen LogP contribution in [0.3, 0.4) is 0 Å². The molecule has 6 heteroatoms. The molecule has 0 spiro atoms. The van der Waals surface area contributed by atoms with Crippen LogP contribution in [0, 0.1) is 5.92 Å². The molecule has 2 aliphatic carbocycles. The lowest BCUT2D eigenvalue weighted by atomic mass is 9.71. The topological polar surface area (TPSA) is 74.2 Å². The normalized spacial score (nSPS) is 24.4. The van der Waals surface area contributed by atoms with E-state index in [2.05, 4.69) is 0 Å². The fourth-order valence-electron chi connectivity index (χ4n) is 5.15. The van der Waals surface area contributed by atoms with Gasteiger partial charge in [-0.1, -0.05) is 6.42 Å². The van der Waals surface area contributed by atoms with E-state index in [0.29, 0.717) is 29.2 Å². The Morgan fingerprint density at radius 2 is 1.81 bits per heavy atom. The quantitative estimate of drug-likeness (QED) is 0.636. The minimum Gasteiger partial charge on any atom is -0.497 e. The van der Waals surface area contributed by atoms with Crippen LogP contribution in [0.15, 0.2) is 34.5 Å². The van der Waals surface area contributed by atoms with Crippen molar-refractivity contribution in [1.29, 1.82) is 0 Å². The lowest BCUT2D eigenvalue weighted by Crippen LogP contribution is -2.39. The van der Waals surface area contributed by atoms with Crippen molar-refractivity contribution in [2.75, 3.05) is 14.2 Å². The molecule has 1 unspecified atom stereocenters. The Balaban J connectivity index is 1.79. The second kappa shape index (κ2) is 9.25. The highest BCUT2D eigenvalue weighted by atomic mass is 16.5. The monoisotopic (exact) mass is 425 g/mol. The minimum atomic E-state index is -0.649. The standard InChI is InChI=1S/C25H31NO5/c1-15-22(25(28)31-16-8-5-4-6-9-16)23(24-19(26-15)10-7-11-20(24)27)18-14-17(29-2)12-13-21(18)30-3/h12-14,16,22-23H,4-11H2,1-3H3/t22?,23-/m1/s1. The SMILES string of the molecule is COc1ccc(OC)c([C@H]2C3=C(CCCC3=O)N=C(C)C2C(=O)OC2CCCCC2)c1. The van der Waals surface area contributed by atoms with Gasteiger partial charge in [-0.15, -0.1) is 0 Å². The van der Waals surface area contributed by atoms with Crippen molar-refractivity contribution in [3.05, 3.63) is 35.0 Å². The zero-order chi connectivity index (χ0) is 22.0. The zero-order valence-corrected chi connectivity index (χ0v) is 18.6. The summed E-state index contributed by atoms with van der Waals surface area (Å²) < 4.78 is 17.1. The lowest BCUT2D eigenvalue weighted by Gasteiger charge is -2.36. The molecule has 6 nitrogen and oxygen atoms in total. The van der Waals surface area contributed by atoms with Gasteiger partial charge in [-0.25, -0.2) is 0 Å². The maximum absolute atomic E-state index is 13.5. The summed E-state index contributed by atoms with van der Waals surface area (Å²) in [6.45, 7) is 1.87. The molecule has 1 fully saturated rings. The number of hydrogen-bond donors (Lipinski definition) is 0. The fraction of sp³-hybridized carbons (Fsp3) is 0.560. The van der Waals surface area contributed by atoms with Gasteiger partial charge in [0.15, 0.2) is 5.78 Å². The third kappa shape index (κ3) is 4.25. The fourth-order valence-corrected chi connectivity index (χ4v) is 5.15. The predicted molar refractivity (Wildman–Crippen MR) is 118 cm³/mol. The number of ether oxygens (including phenoxy) is 3. The molecule has 0 radical (unpaired) electrons. The van der Waals surface area contributed by atoms with Gasteiger partial charge in [0.05, 0.1) is 14.2 Å². The van der Waals surface area contributed by atoms with Gasteiger partial charge in [-0.05, 0) is 63.6 Å². The molecule has 1 aromatic carbocycles. The largest absolute Gasteiger partial charge is 0.497 e. The Labute approximate surface area is 183 Å². The van der Waals surface area contributed by atoms with E-state index < -0.39 is 11.8 Å². The van der Waals surface area contributed by atoms with Crippen LogP contribution in [0.2, 0.25) is 0 Å². The average molecular weight is 426 g/mol. The molecular formula is C25H31NO5. The molecule has 1 aliphatic heterocycles. The van der Waals surface area contributed by atoms with Crippen LogP contribution in [0.4, 0.5) is 0 Å². The minimum absolute atomic E-state index is 0.0562. The van der Waals surface area contributed by atoms with Gasteiger partial charge in [0.2, 0.25) is 0 Å². The third-order valence-electron chi connectivity index (χ3n) is 6.70. The van der Waals surface area contributed by atoms with Crippen LogP contribution in [0.5, 0.6) is 11.5 Å². The number of ketones is 1. The molecule has 1 heterocycles. The number of carbonyl (C=O) groups is 2. The van der Waals surface area contributed by atoms with Crippen molar-refractivity contribution in [2.24, 2.45) is 10.9 Å². The summed E-state index contributed by atoms with van der Waals surface area (Å²) in [5.74, 6) is -0.0945. The smallest absolute Gasteiger partial charge is 0.315 e. The first-order chi connectivity index (χ1) is 15.0. The molecule has 1 aromatic rings. The Hall–Kier alpha value is -2.63. The van der Waals surface area contributed by atoms with E-state index in [1.807, 2.05) is 25.1 Å². The maximum atomic E-state index is 13.5. The number of methoxy groups -OCH3 is 2. The van der Waals surface area contributed by atoms with E-state index in [1.165, 1.54) is 6.42 Å². The second-order valence-electron chi connectivity index (χ2n) is 8.65. The van der Waals surface area contributed by atoms with E-state index in [-0.39, 0.29) is 17.9 Å². The molecule has 0 N–H and O–H groups in total. The molecule has 0 aromatic heterocycles. The summed E-state index contributed by atoms with van der Waals surface area (Å²) >= 11 is 0. The van der Waals surface area contributed by atoms with E-state index in [9.17, 15) is 9.59 Å². The number of aliphatic imine (C=N–C) groups is 1. The van der Waals surface area contributed by atoms with Crippen LogP contribution < -0.4 is 9.47 Å². The number of nitrogens with zero attached hydrogens (tertiary/aromatic N) is 1. The van der Waals surface area contributed by atoms with Crippen molar-refractivity contribution in [3.8, 4) is 11.5 Å². The van der Waals surface area contributed by atoms with Gasteiger partial charge in [0.25, 0.3) is 0 Å². The van der Waals surface area contributed by atoms with Crippen LogP contribution >= 0.6 is 0 Å². The van der Waals surface area contributed by atoms with Gasteiger partial charge >= 0.3 is 5.97 Å². The predicted octanol–water partition coefficient (Wildman–Crippen LogP) is 4.76. The van der Waals surface area contributed by atoms with Crippen LogP contribution in [0.1, 0.15) is 69.8 Å². The van der Waals surface area contributed by atoms with Crippen molar-refractivity contribution >= 4 is 17.5 Å². The van der Waals surface area contributed by atoms with Crippen molar-refractivity contribution < 1.29 is 23.8 Å². The highest BCUT2D eigenvalue weighted by Crippen LogP contribution is 2.47. The van der Waals surface area contributed by atoms with Crippen molar-refractivity contribution in [2.45, 2.75) is 70.3 Å². The number of Topliss-reactive ketones (excluding diaryl/α,β-unsaturated/α-hetero) is 1.